The average Bonchev–Trinajstić information content (AvgIpc) is 2.88. The maximum atomic E-state index is 11.2. The van der Waals surface area contributed by atoms with E-state index in [0.29, 0.717) is 6.04 Å². The summed E-state index contributed by atoms with van der Waals surface area (Å²) < 4.78 is 4.67. The molecule has 0 aliphatic carbocycles. The van der Waals surface area contributed by atoms with E-state index in [-0.39, 0.29) is 12.4 Å². The highest BCUT2D eigenvalue weighted by molar-refractivity contribution is 7.09. The van der Waals surface area contributed by atoms with Gasteiger partial charge in [-0.05, 0) is 0 Å². The fourth-order valence-electron chi connectivity index (χ4n) is 2.63. The summed E-state index contributed by atoms with van der Waals surface area (Å²) in [5.74, 6) is -0.221. The van der Waals surface area contributed by atoms with E-state index in [4.69, 9.17) is 0 Å². The molecule has 1 aromatic rings. The number of rotatable bonds is 3. The lowest BCUT2D eigenvalue weighted by molar-refractivity contribution is -0.139. The molecule has 0 radical (unpaired) electrons. The van der Waals surface area contributed by atoms with Gasteiger partial charge in [0.25, 0.3) is 0 Å². The monoisotopic (exact) mass is 267 g/mol. The van der Waals surface area contributed by atoms with E-state index in [1.54, 1.807) is 11.3 Å². The fourth-order valence-corrected chi connectivity index (χ4v) is 3.57. The third-order valence-electron chi connectivity index (χ3n) is 3.69. The summed E-state index contributed by atoms with van der Waals surface area (Å²) in [5, 5.41) is 3.11. The maximum absolute atomic E-state index is 11.2. The van der Waals surface area contributed by atoms with E-state index in [1.807, 2.05) is 5.38 Å². The molecular formula is C12H17N3O2S. The zero-order chi connectivity index (χ0) is 12.5. The molecule has 0 aromatic carbocycles. The van der Waals surface area contributed by atoms with Crippen molar-refractivity contribution in [3.63, 3.8) is 0 Å². The lowest BCUT2D eigenvalue weighted by Crippen LogP contribution is -2.56. The second-order valence-electron chi connectivity index (χ2n) is 4.78. The van der Waals surface area contributed by atoms with Gasteiger partial charge in [-0.15, -0.1) is 11.3 Å². The average molecular weight is 267 g/mol. The third kappa shape index (κ3) is 2.28. The summed E-state index contributed by atoms with van der Waals surface area (Å²) in [7, 11) is 1.41. The predicted molar refractivity (Wildman–Crippen MR) is 68.6 cm³/mol. The molecule has 1 unspecified atom stereocenters. The largest absolute Gasteiger partial charge is 0.469 e. The molecule has 5 nitrogen and oxygen atoms in total. The number of thiazole rings is 1. The van der Waals surface area contributed by atoms with Gasteiger partial charge in [0.1, 0.15) is 5.01 Å². The van der Waals surface area contributed by atoms with Crippen LogP contribution in [0.2, 0.25) is 0 Å². The smallest absolute Gasteiger partial charge is 0.311 e. The van der Waals surface area contributed by atoms with Crippen LogP contribution in [0.25, 0.3) is 0 Å². The number of methoxy groups -OCH3 is 1. The normalized spacial score (nSPS) is 30.4. The van der Waals surface area contributed by atoms with Gasteiger partial charge in [0.05, 0.1) is 25.3 Å². The summed E-state index contributed by atoms with van der Waals surface area (Å²) >= 11 is 1.66. The molecule has 6 heteroatoms. The number of hydrogen-bond donors (Lipinski definition) is 0. The first-order chi connectivity index (χ1) is 8.76. The van der Waals surface area contributed by atoms with Crippen molar-refractivity contribution in [2.45, 2.75) is 12.5 Å². The molecule has 0 N–H and O–H groups in total. The van der Waals surface area contributed by atoms with Crippen LogP contribution in [0.3, 0.4) is 0 Å². The highest BCUT2D eigenvalue weighted by atomic mass is 32.1. The van der Waals surface area contributed by atoms with Gasteiger partial charge < -0.3 is 4.74 Å². The van der Waals surface area contributed by atoms with Crippen LogP contribution in [0, 0.1) is 0 Å². The first-order valence-corrected chi connectivity index (χ1v) is 7.12. The number of aromatic nitrogens is 1. The lowest BCUT2D eigenvalue weighted by Gasteiger charge is -2.46. The zero-order valence-electron chi connectivity index (χ0n) is 10.5. The molecule has 3 aliphatic heterocycles. The summed E-state index contributed by atoms with van der Waals surface area (Å²) in [5.41, 5.74) is 0.833. The minimum atomic E-state index is -0.221. The Morgan fingerprint density at radius 2 is 2.28 bits per heavy atom. The Hall–Kier alpha value is -0.980. The molecule has 0 spiro atoms. The molecule has 3 fully saturated rings. The van der Waals surface area contributed by atoms with Crippen molar-refractivity contribution in [1.82, 2.24) is 14.8 Å². The van der Waals surface area contributed by atoms with Crippen LogP contribution >= 0.6 is 11.3 Å². The fraction of sp³-hybridized carbons (Fsp3) is 0.667. The number of fused-ring (bicyclic) bond motifs is 3. The van der Waals surface area contributed by atoms with Gasteiger partial charge in [0, 0.05) is 38.1 Å². The van der Waals surface area contributed by atoms with Gasteiger partial charge in [0.15, 0.2) is 0 Å². The highest BCUT2D eigenvalue weighted by Gasteiger charge is 2.34. The topological polar surface area (TPSA) is 45.7 Å². The van der Waals surface area contributed by atoms with Crippen molar-refractivity contribution in [3.05, 3.63) is 16.1 Å². The number of carbonyl (C=O) groups is 1. The summed E-state index contributed by atoms with van der Waals surface area (Å²) in [6.07, 6.45) is 0.281. The van der Waals surface area contributed by atoms with Crippen LogP contribution in [0.1, 0.15) is 16.7 Å². The van der Waals surface area contributed by atoms with Crippen LogP contribution in [-0.4, -0.2) is 60.6 Å². The SMILES string of the molecule is COC(=O)Cc1csc(C2CN3CCN2CC3)n1. The van der Waals surface area contributed by atoms with Crippen LogP contribution in [0.5, 0.6) is 0 Å². The van der Waals surface area contributed by atoms with E-state index >= 15 is 0 Å². The summed E-state index contributed by atoms with van der Waals surface area (Å²) in [4.78, 5) is 20.8. The summed E-state index contributed by atoms with van der Waals surface area (Å²) in [6, 6.07) is 0.420. The molecule has 18 heavy (non-hydrogen) atoms. The van der Waals surface area contributed by atoms with Crippen LogP contribution in [0.4, 0.5) is 0 Å². The van der Waals surface area contributed by atoms with Gasteiger partial charge >= 0.3 is 5.97 Å². The Bertz CT molecular complexity index is 440. The molecular weight excluding hydrogens is 250 g/mol. The van der Waals surface area contributed by atoms with Crippen molar-refractivity contribution >= 4 is 17.3 Å². The Kier molecular flexibility index (Phi) is 3.32. The van der Waals surface area contributed by atoms with Crippen molar-refractivity contribution in [3.8, 4) is 0 Å². The molecule has 4 heterocycles. The molecule has 1 aromatic heterocycles. The van der Waals surface area contributed by atoms with E-state index in [0.717, 1.165) is 30.3 Å². The molecule has 3 aliphatic rings. The first-order valence-electron chi connectivity index (χ1n) is 6.24. The second-order valence-corrected chi connectivity index (χ2v) is 5.67. The van der Waals surface area contributed by atoms with E-state index in [2.05, 4.69) is 19.5 Å². The molecule has 4 rings (SSSR count). The highest BCUT2D eigenvalue weighted by Crippen LogP contribution is 2.30. The summed E-state index contributed by atoms with van der Waals surface area (Å²) in [6.45, 7) is 5.70. The van der Waals surface area contributed by atoms with Crippen LogP contribution in [-0.2, 0) is 16.0 Å². The van der Waals surface area contributed by atoms with Crippen molar-refractivity contribution < 1.29 is 9.53 Å². The molecule has 2 bridgehead atoms. The Morgan fingerprint density at radius 1 is 1.50 bits per heavy atom. The third-order valence-corrected chi connectivity index (χ3v) is 4.68. The lowest BCUT2D eigenvalue weighted by atomic mass is 10.1. The minimum Gasteiger partial charge on any atom is -0.469 e. The predicted octanol–water partition coefficient (Wildman–Crippen LogP) is 0.531. The van der Waals surface area contributed by atoms with Gasteiger partial charge in [0.2, 0.25) is 0 Å². The van der Waals surface area contributed by atoms with Gasteiger partial charge in [-0.25, -0.2) is 4.98 Å². The number of nitrogens with zero attached hydrogens (tertiary/aromatic N) is 3. The van der Waals surface area contributed by atoms with E-state index < -0.39 is 0 Å². The Labute approximate surface area is 110 Å². The minimum absolute atomic E-state index is 0.221. The van der Waals surface area contributed by atoms with Crippen LogP contribution in [0.15, 0.2) is 5.38 Å². The molecule has 1 atom stereocenters. The Balaban J connectivity index is 1.71. The number of ether oxygens (including phenoxy) is 1. The maximum Gasteiger partial charge on any atom is 0.311 e. The van der Waals surface area contributed by atoms with Crippen LogP contribution < -0.4 is 0 Å². The molecule has 0 amide bonds. The van der Waals surface area contributed by atoms with Gasteiger partial charge in [-0.2, -0.15) is 0 Å². The number of hydrogen-bond acceptors (Lipinski definition) is 6. The number of carbonyl (C=O) groups excluding carboxylic acids is 1. The molecule has 0 saturated carbocycles. The zero-order valence-corrected chi connectivity index (χ0v) is 11.3. The van der Waals surface area contributed by atoms with E-state index in [1.165, 1.54) is 20.2 Å². The molecule has 3 saturated heterocycles. The standard InChI is InChI=1S/C12H17N3O2S/c1-17-11(16)6-9-8-18-12(13-9)10-7-14-2-4-15(10)5-3-14/h8,10H,2-7H2,1H3. The van der Waals surface area contributed by atoms with Gasteiger partial charge in [-0.1, -0.05) is 0 Å². The first kappa shape index (κ1) is 12.1. The number of esters is 1. The van der Waals surface area contributed by atoms with Crippen molar-refractivity contribution in [2.24, 2.45) is 0 Å². The molecule has 98 valence electrons. The van der Waals surface area contributed by atoms with E-state index in [9.17, 15) is 4.79 Å². The quantitative estimate of drug-likeness (QED) is 0.748. The van der Waals surface area contributed by atoms with Crippen molar-refractivity contribution in [2.75, 3.05) is 39.8 Å². The van der Waals surface area contributed by atoms with Gasteiger partial charge in [-0.3, -0.25) is 14.6 Å². The van der Waals surface area contributed by atoms with Crippen molar-refractivity contribution in [1.29, 1.82) is 0 Å². The Morgan fingerprint density at radius 3 is 2.89 bits per heavy atom. The number of piperazine rings is 3. The second kappa shape index (κ2) is 4.95.